The molecule has 0 fully saturated rings. The van der Waals surface area contributed by atoms with E-state index in [-0.39, 0.29) is 18.7 Å². The molecule has 0 aromatic heterocycles. The van der Waals surface area contributed by atoms with Crippen LogP contribution in [-0.2, 0) is 11.2 Å². The smallest absolute Gasteiger partial charge is 0.414 e. The molecule has 0 saturated heterocycles. The predicted octanol–water partition coefficient (Wildman–Crippen LogP) is 1.43. The van der Waals surface area contributed by atoms with Gasteiger partial charge in [0.1, 0.15) is 6.61 Å². The van der Waals surface area contributed by atoms with Gasteiger partial charge in [-0.25, -0.2) is 9.59 Å². The van der Waals surface area contributed by atoms with Gasteiger partial charge in [-0.1, -0.05) is 12.7 Å². The maximum atomic E-state index is 11.9. The molecule has 1 heterocycles. The molecule has 2 rings (SSSR count). The monoisotopic (exact) mass is 277 g/mol. The van der Waals surface area contributed by atoms with E-state index in [9.17, 15) is 14.7 Å². The van der Waals surface area contributed by atoms with Gasteiger partial charge >= 0.3 is 12.1 Å². The number of aliphatic hydroxyl groups excluding tert-OH is 1. The molecule has 1 aromatic carbocycles. The molecule has 0 bridgehead atoms. The molecule has 6 nitrogen and oxygen atoms in total. The summed E-state index contributed by atoms with van der Waals surface area (Å²) in [7, 11) is 0. The van der Waals surface area contributed by atoms with Crippen molar-refractivity contribution in [2.45, 2.75) is 12.5 Å². The number of benzene rings is 1. The standard InChI is InChI=1S/C14H15NO5/c1-2-5-20-14(19)15-8-11(16)7-10-6-9(13(17)18)3-4-12(10)15/h2-4,6,11,16H,1,5,7-8H2,(H,17,18). The number of carboxylic acids is 1. The van der Waals surface area contributed by atoms with Crippen molar-refractivity contribution in [3.63, 3.8) is 0 Å². The SMILES string of the molecule is C=CCOC(=O)N1CC(O)Cc2cc(C(=O)O)ccc21. The maximum Gasteiger partial charge on any atom is 0.414 e. The molecular weight excluding hydrogens is 262 g/mol. The molecule has 2 N–H and O–H groups in total. The van der Waals surface area contributed by atoms with Crippen LogP contribution in [0.2, 0.25) is 0 Å². The third-order valence-corrected chi connectivity index (χ3v) is 3.01. The van der Waals surface area contributed by atoms with Crippen LogP contribution in [0.4, 0.5) is 10.5 Å². The van der Waals surface area contributed by atoms with E-state index in [0.717, 1.165) is 0 Å². The average molecular weight is 277 g/mol. The lowest BCUT2D eigenvalue weighted by Crippen LogP contribution is -2.42. The van der Waals surface area contributed by atoms with Crippen LogP contribution in [0, 0.1) is 0 Å². The van der Waals surface area contributed by atoms with Crippen LogP contribution in [0.3, 0.4) is 0 Å². The number of ether oxygens (including phenoxy) is 1. The van der Waals surface area contributed by atoms with Gasteiger partial charge in [0, 0.05) is 6.42 Å². The summed E-state index contributed by atoms with van der Waals surface area (Å²) in [6.45, 7) is 3.66. The number of carbonyl (C=O) groups is 2. The zero-order valence-electron chi connectivity index (χ0n) is 10.8. The molecule has 0 radical (unpaired) electrons. The quantitative estimate of drug-likeness (QED) is 0.816. The number of hydrogen-bond donors (Lipinski definition) is 2. The third kappa shape index (κ3) is 2.80. The minimum absolute atomic E-state index is 0.0774. The molecule has 20 heavy (non-hydrogen) atoms. The number of amides is 1. The number of β-amino-alcohol motifs (C(OH)–C–C–N with tert-alkyl or cyclic N) is 1. The number of fused-ring (bicyclic) bond motifs is 1. The van der Waals surface area contributed by atoms with E-state index in [1.54, 1.807) is 6.07 Å². The van der Waals surface area contributed by atoms with E-state index < -0.39 is 18.2 Å². The largest absolute Gasteiger partial charge is 0.478 e. The van der Waals surface area contributed by atoms with Crippen molar-refractivity contribution >= 4 is 17.7 Å². The summed E-state index contributed by atoms with van der Waals surface area (Å²) in [6.07, 6.45) is 0.421. The first-order chi connectivity index (χ1) is 9.52. The van der Waals surface area contributed by atoms with Crippen molar-refractivity contribution in [2.75, 3.05) is 18.1 Å². The Morgan fingerprint density at radius 3 is 2.90 bits per heavy atom. The second-order valence-corrected chi connectivity index (χ2v) is 4.48. The van der Waals surface area contributed by atoms with Crippen molar-refractivity contribution in [2.24, 2.45) is 0 Å². The second kappa shape index (κ2) is 5.75. The van der Waals surface area contributed by atoms with Crippen LogP contribution in [0.1, 0.15) is 15.9 Å². The van der Waals surface area contributed by atoms with Crippen molar-refractivity contribution in [1.82, 2.24) is 0 Å². The van der Waals surface area contributed by atoms with E-state index in [4.69, 9.17) is 9.84 Å². The number of carbonyl (C=O) groups excluding carboxylic acids is 1. The first-order valence-corrected chi connectivity index (χ1v) is 6.12. The van der Waals surface area contributed by atoms with E-state index in [2.05, 4.69) is 6.58 Å². The summed E-state index contributed by atoms with van der Waals surface area (Å²) < 4.78 is 4.96. The Hall–Kier alpha value is -2.34. The van der Waals surface area contributed by atoms with Gasteiger partial charge in [-0.05, 0) is 23.8 Å². The first kappa shape index (κ1) is 14.1. The Morgan fingerprint density at radius 2 is 2.25 bits per heavy atom. The van der Waals surface area contributed by atoms with Gasteiger partial charge in [0.05, 0.1) is 23.9 Å². The van der Waals surface area contributed by atoms with E-state index in [0.29, 0.717) is 17.7 Å². The molecule has 1 aliphatic heterocycles. The number of nitrogens with zero attached hydrogens (tertiary/aromatic N) is 1. The molecule has 0 aliphatic carbocycles. The third-order valence-electron chi connectivity index (χ3n) is 3.01. The number of aliphatic hydroxyl groups is 1. The zero-order chi connectivity index (χ0) is 14.7. The van der Waals surface area contributed by atoms with Crippen LogP contribution >= 0.6 is 0 Å². The first-order valence-electron chi connectivity index (χ1n) is 6.12. The fourth-order valence-corrected chi connectivity index (χ4v) is 2.15. The highest BCUT2D eigenvalue weighted by Gasteiger charge is 2.29. The van der Waals surface area contributed by atoms with Crippen molar-refractivity contribution in [3.05, 3.63) is 42.0 Å². The summed E-state index contributed by atoms with van der Waals surface area (Å²) in [5.41, 5.74) is 1.30. The van der Waals surface area contributed by atoms with Crippen LogP contribution in [0.15, 0.2) is 30.9 Å². The minimum Gasteiger partial charge on any atom is -0.478 e. The Bertz CT molecular complexity index is 554. The lowest BCUT2D eigenvalue weighted by molar-refractivity contribution is 0.0696. The fraction of sp³-hybridized carbons (Fsp3) is 0.286. The second-order valence-electron chi connectivity index (χ2n) is 4.48. The zero-order valence-corrected chi connectivity index (χ0v) is 10.8. The summed E-state index contributed by atoms with van der Waals surface area (Å²) in [5.74, 6) is -1.05. The van der Waals surface area contributed by atoms with Crippen molar-refractivity contribution in [3.8, 4) is 0 Å². The van der Waals surface area contributed by atoms with Crippen LogP contribution in [0.25, 0.3) is 0 Å². The lowest BCUT2D eigenvalue weighted by Gasteiger charge is -2.31. The molecule has 0 spiro atoms. The highest BCUT2D eigenvalue weighted by molar-refractivity contribution is 5.92. The van der Waals surface area contributed by atoms with Gasteiger partial charge in [-0.2, -0.15) is 0 Å². The molecule has 1 aromatic rings. The summed E-state index contributed by atoms with van der Waals surface area (Å²) in [4.78, 5) is 24.2. The lowest BCUT2D eigenvalue weighted by atomic mass is 9.98. The van der Waals surface area contributed by atoms with Gasteiger partial charge in [-0.15, -0.1) is 0 Å². The van der Waals surface area contributed by atoms with Gasteiger partial charge in [0.2, 0.25) is 0 Å². The highest BCUT2D eigenvalue weighted by Crippen LogP contribution is 2.28. The van der Waals surface area contributed by atoms with Gasteiger partial charge in [0.25, 0.3) is 0 Å². The molecule has 1 aliphatic rings. The summed E-state index contributed by atoms with van der Waals surface area (Å²) in [5, 5.41) is 18.8. The van der Waals surface area contributed by atoms with Gasteiger partial charge in [0.15, 0.2) is 0 Å². The minimum atomic E-state index is -1.05. The van der Waals surface area contributed by atoms with Crippen molar-refractivity contribution in [1.29, 1.82) is 0 Å². The number of rotatable bonds is 3. The predicted molar refractivity (Wildman–Crippen MR) is 72.0 cm³/mol. The molecule has 1 atom stereocenters. The maximum absolute atomic E-state index is 11.9. The molecule has 1 amide bonds. The molecular formula is C14H15NO5. The average Bonchev–Trinajstić information content (AvgIpc) is 2.42. The van der Waals surface area contributed by atoms with Gasteiger partial charge in [-0.3, -0.25) is 4.90 Å². The van der Waals surface area contributed by atoms with E-state index in [1.807, 2.05) is 0 Å². The van der Waals surface area contributed by atoms with Crippen LogP contribution < -0.4 is 4.90 Å². The number of carboxylic acid groups (broad SMARTS) is 1. The number of hydrogen-bond acceptors (Lipinski definition) is 4. The van der Waals surface area contributed by atoms with Crippen LogP contribution in [-0.4, -0.2) is 41.5 Å². The van der Waals surface area contributed by atoms with E-state index in [1.165, 1.54) is 23.1 Å². The number of anilines is 1. The fourth-order valence-electron chi connectivity index (χ4n) is 2.15. The van der Waals surface area contributed by atoms with E-state index >= 15 is 0 Å². The molecule has 106 valence electrons. The Balaban J connectivity index is 2.32. The molecule has 0 saturated carbocycles. The van der Waals surface area contributed by atoms with Crippen LogP contribution in [0.5, 0.6) is 0 Å². The Morgan fingerprint density at radius 1 is 1.50 bits per heavy atom. The molecule has 1 unspecified atom stereocenters. The number of aromatic carboxylic acids is 1. The molecule has 6 heteroatoms. The van der Waals surface area contributed by atoms with Gasteiger partial charge < -0.3 is 14.9 Å². The van der Waals surface area contributed by atoms with Crippen molar-refractivity contribution < 1.29 is 24.5 Å². The summed E-state index contributed by atoms with van der Waals surface area (Å²) >= 11 is 0. The Kier molecular flexibility index (Phi) is 4.05. The topological polar surface area (TPSA) is 87.1 Å². The highest BCUT2D eigenvalue weighted by atomic mass is 16.6. The summed E-state index contributed by atoms with van der Waals surface area (Å²) in [6, 6.07) is 4.44. The Labute approximate surface area is 115 Å². The normalized spacial score (nSPS) is 17.2.